The largest absolute Gasteiger partial charge is 0.300 e. The summed E-state index contributed by atoms with van der Waals surface area (Å²) in [6, 6.07) is 13.8. The minimum absolute atomic E-state index is 0.179. The molecule has 0 N–H and O–H groups in total. The van der Waals surface area contributed by atoms with Crippen molar-refractivity contribution in [3.8, 4) is 0 Å². The van der Waals surface area contributed by atoms with E-state index >= 15 is 8.78 Å². The van der Waals surface area contributed by atoms with Crippen LogP contribution in [0.4, 0.5) is 17.6 Å². The summed E-state index contributed by atoms with van der Waals surface area (Å²) in [5, 5.41) is 0. The Labute approximate surface area is 299 Å². The molecule has 4 aliphatic carbocycles. The van der Waals surface area contributed by atoms with E-state index in [1.54, 1.807) is 24.3 Å². The van der Waals surface area contributed by atoms with E-state index in [1.165, 1.54) is 11.1 Å². The number of carbonyl (C=O) groups excluding carboxylic acids is 1. The monoisotopic (exact) mass is 694 g/mol. The molecule has 2 atom stereocenters. The fourth-order valence-corrected chi connectivity index (χ4v) is 10.5. The van der Waals surface area contributed by atoms with Crippen molar-refractivity contribution in [1.29, 1.82) is 0 Å². The first-order valence-electron chi connectivity index (χ1n) is 20.6. The number of rotatable bonds is 14. The lowest BCUT2D eigenvalue weighted by atomic mass is 9.73. The Morgan fingerprint density at radius 2 is 0.800 bits per heavy atom. The SMILES string of the molecule is O=C(CCC1CCC(C(F)CC2CCC(c3ccc(F)cc3)CC2)CC1)CCC1CCC(C(F)CC2CCC(c3ccc(F)cc3)CC2)CC1. The highest BCUT2D eigenvalue weighted by atomic mass is 19.1. The Hall–Kier alpha value is -2.17. The first-order chi connectivity index (χ1) is 24.3. The second kappa shape index (κ2) is 18.5. The first kappa shape index (κ1) is 37.6. The lowest BCUT2D eigenvalue weighted by Crippen LogP contribution is -2.26. The highest BCUT2D eigenvalue weighted by Gasteiger charge is 2.33. The van der Waals surface area contributed by atoms with Crippen molar-refractivity contribution in [2.75, 3.05) is 0 Å². The van der Waals surface area contributed by atoms with Gasteiger partial charge in [-0.3, -0.25) is 4.79 Å². The van der Waals surface area contributed by atoms with Crippen molar-refractivity contribution in [3.63, 3.8) is 0 Å². The molecule has 0 amide bonds. The van der Waals surface area contributed by atoms with Crippen LogP contribution in [0.2, 0.25) is 0 Å². The van der Waals surface area contributed by atoms with Crippen molar-refractivity contribution in [2.45, 2.75) is 165 Å². The average Bonchev–Trinajstić information content (AvgIpc) is 3.15. The number of hydrogen-bond donors (Lipinski definition) is 0. The van der Waals surface area contributed by atoms with E-state index in [0.717, 1.165) is 116 Å². The molecule has 0 heterocycles. The Morgan fingerprint density at radius 3 is 1.14 bits per heavy atom. The van der Waals surface area contributed by atoms with Crippen LogP contribution in [0.1, 0.15) is 164 Å². The molecule has 6 rings (SSSR count). The molecule has 1 nitrogen and oxygen atoms in total. The summed E-state index contributed by atoms with van der Waals surface area (Å²) in [6.45, 7) is 0. The maximum Gasteiger partial charge on any atom is 0.132 e. The van der Waals surface area contributed by atoms with Crippen molar-refractivity contribution >= 4 is 5.78 Å². The predicted molar refractivity (Wildman–Crippen MR) is 196 cm³/mol. The Kier molecular flexibility index (Phi) is 13.9. The van der Waals surface area contributed by atoms with E-state index in [9.17, 15) is 13.6 Å². The van der Waals surface area contributed by atoms with E-state index in [4.69, 9.17) is 0 Å². The maximum absolute atomic E-state index is 15.4. The number of Topliss-reactive ketones (excluding diaryl/α,β-unsaturated/α-hetero) is 1. The van der Waals surface area contributed by atoms with Crippen molar-refractivity contribution in [3.05, 3.63) is 71.3 Å². The van der Waals surface area contributed by atoms with Crippen LogP contribution in [0.25, 0.3) is 0 Å². The third-order valence-electron chi connectivity index (χ3n) is 14.0. The molecule has 50 heavy (non-hydrogen) atoms. The number of hydrogen-bond acceptors (Lipinski definition) is 1. The number of carbonyl (C=O) groups is 1. The lowest BCUT2D eigenvalue weighted by molar-refractivity contribution is -0.119. The van der Waals surface area contributed by atoms with Crippen LogP contribution < -0.4 is 0 Å². The van der Waals surface area contributed by atoms with Gasteiger partial charge in [0.2, 0.25) is 0 Å². The summed E-state index contributed by atoms with van der Waals surface area (Å²) < 4.78 is 57.3. The average molecular weight is 695 g/mol. The van der Waals surface area contributed by atoms with Gasteiger partial charge in [-0.2, -0.15) is 0 Å². The van der Waals surface area contributed by atoms with Gasteiger partial charge < -0.3 is 0 Å². The summed E-state index contributed by atoms with van der Waals surface area (Å²) in [4.78, 5) is 12.8. The zero-order valence-corrected chi connectivity index (χ0v) is 30.4. The van der Waals surface area contributed by atoms with Gasteiger partial charge in [-0.15, -0.1) is 0 Å². The van der Waals surface area contributed by atoms with E-state index in [0.29, 0.717) is 67.0 Å². The van der Waals surface area contributed by atoms with Gasteiger partial charge in [0.1, 0.15) is 29.8 Å². The fourth-order valence-electron chi connectivity index (χ4n) is 10.5. The summed E-state index contributed by atoms with van der Waals surface area (Å²) >= 11 is 0. The van der Waals surface area contributed by atoms with Crippen LogP contribution >= 0.6 is 0 Å². The van der Waals surface area contributed by atoms with Gasteiger partial charge in [0.15, 0.2) is 0 Å². The fraction of sp³-hybridized carbons (Fsp3) is 0.711. The van der Waals surface area contributed by atoms with Gasteiger partial charge in [0.05, 0.1) is 0 Å². The Morgan fingerprint density at radius 1 is 0.480 bits per heavy atom. The number of alkyl halides is 2. The van der Waals surface area contributed by atoms with Gasteiger partial charge >= 0.3 is 0 Å². The van der Waals surface area contributed by atoms with E-state index in [2.05, 4.69) is 0 Å². The molecule has 0 radical (unpaired) electrons. The second-order valence-corrected chi connectivity index (χ2v) is 17.2. The molecule has 5 heteroatoms. The summed E-state index contributed by atoms with van der Waals surface area (Å²) in [7, 11) is 0. The van der Waals surface area contributed by atoms with Gasteiger partial charge in [0, 0.05) is 12.8 Å². The molecule has 4 fully saturated rings. The van der Waals surface area contributed by atoms with Crippen molar-refractivity contribution < 1.29 is 22.4 Å². The molecule has 2 unspecified atom stereocenters. The number of ketones is 1. The van der Waals surface area contributed by atoms with Gasteiger partial charge in [0.25, 0.3) is 0 Å². The molecule has 2 aromatic rings. The van der Waals surface area contributed by atoms with Crippen LogP contribution in [0, 0.1) is 47.1 Å². The zero-order valence-electron chi connectivity index (χ0n) is 30.4. The quantitative estimate of drug-likeness (QED) is 0.180. The normalized spacial score (nSPS) is 31.9. The smallest absolute Gasteiger partial charge is 0.132 e. The molecule has 276 valence electrons. The second-order valence-electron chi connectivity index (χ2n) is 17.2. The summed E-state index contributed by atoms with van der Waals surface area (Å²) in [5.74, 6) is 3.39. The Bertz CT molecular complexity index is 1180. The molecule has 4 saturated carbocycles. The number of halogens is 4. The molecular formula is C45H62F4O. The topological polar surface area (TPSA) is 17.1 Å². The highest BCUT2D eigenvalue weighted by Crippen LogP contribution is 2.43. The minimum Gasteiger partial charge on any atom is -0.300 e. The van der Waals surface area contributed by atoms with Gasteiger partial charge in [-0.1, -0.05) is 49.9 Å². The third-order valence-corrected chi connectivity index (χ3v) is 14.0. The molecule has 0 saturated heterocycles. The summed E-state index contributed by atoms with van der Waals surface area (Å²) in [5.41, 5.74) is 2.44. The molecule has 0 spiro atoms. The molecular weight excluding hydrogens is 632 g/mol. The van der Waals surface area contributed by atoms with Crippen LogP contribution in [-0.4, -0.2) is 18.1 Å². The van der Waals surface area contributed by atoms with Crippen LogP contribution in [0.15, 0.2) is 48.5 Å². The van der Waals surface area contributed by atoms with Gasteiger partial charge in [-0.25, -0.2) is 17.6 Å². The third kappa shape index (κ3) is 10.9. The maximum atomic E-state index is 15.4. The molecule has 4 aliphatic rings. The predicted octanol–water partition coefficient (Wildman–Crippen LogP) is 13.4. The van der Waals surface area contributed by atoms with E-state index < -0.39 is 12.3 Å². The first-order valence-corrected chi connectivity index (χ1v) is 20.6. The zero-order chi connectivity index (χ0) is 34.9. The molecule has 0 aliphatic heterocycles. The van der Waals surface area contributed by atoms with E-state index in [1.807, 2.05) is 24.3 Å². The highest BCUT2D eigenvalue weighted by molar-refractivity contribution is 5.78. The number of benzene rings is 2. The Balaban J connectivity index is 0.789. The molecule has 0 bridgehead atoms. The molecule has 0 aromatic heterocycles. The summed E-state index contributed by atoms with van der Waals surface area (Å²) in [6.07, 6.45) is 19.9. The van der Waals surface area contributed by atoms with Crippen LogP contribution in [0.3, 0.4) is 0 Å². The standard InChI is InChI=1S/C45H62F4O/c46-41-23-19-37(20-24-41)35-11-5-33(6-12-35)29-44(48)39-15-1-31(2-16-39)9-27-43(50)28-10-32-3-17-40(18-4-32)45(49)30-34-7-13-36(14-8-34)38-21-25-42(47)26-22-38/h19-26,31-36,39-40,44-45H,1-18,27-30H2. The van der Waals surface area contributed by atoms with Crippen molar-refractivity contribution in [1.82, 2.24) is 0 Å². The molecule has 2 aromatic carbocycles. The van der Waals surface area contributed by atoms with Crippen molar-refractivity contribution in [2.24, 2.45) is 35.5 Å². The van der Waals surface area contributed by atoms with Gasteiger partial charge in [-0.05, 0) is 185 Å². The van der Waals surface area contributed by atoms with Crippen LogP contribution in [-0.2, 0) is 4.79 Å². The van der Waals surface area contributed by atoms with E-state index in [-0.39, 0.29) is 23.5 Å². The lowest BCUT2D eigenvalue weighted by Gasteiger charge is -2.34. The van der Waals surface area contributed by atoms with Crippen LogP contribution in [0.5, 0.6) is 0 Å². The minimum atomic E-state index is -0.707.